The number of H-pyrrole nitrogens is 1. The Balaban J connectivity index is 2.71. The number of halogens is 3. The number of rotatable bonds is 0. The maximum atomic E-state index is 12.5. The van der Waals surface area contributed by atoms with Crippen LogP contribution in [0, 0.1) is 6.92 Å². The third-order valence-electron chi connectivity index (χ3n) is 2.20. The second-order valence-corrected chi connectivity index (χ2v) is 3.23. The minimum absolute atomic E-state index is 0.254. The molecule has 1 aromatic carbocycles. The van der Waals surface area contributed by atoms with Gasteiger partial charge in [0, 0.05) is 11.7 Å². The SMILES string of the molecule is Cc1cc2cc[nH]c2cc1C(F)(F)F. The van der Waals surface area contributed by atoms with Gasteiger partial charge in [-0.1, -0.05) is 0 Å². The molecule has 0 bridgehead atoms. The number of hydrogen-bond donors (Lipinski definition) is 1. The summed E-state index contributed by atoms with van der Waals surface area (Å²) in [6.07, 6.45) is -2.65. The molecule has 2 rings (SSSR count). The summed E-state index contributed by atoms with van der Waals surface area (Å²) < 4.78 is 37.4. The molecule has 14 heavy (non-hydrogen) atoms. The minimum atomic E-state index is -4.27. The highest BCUT2D eigenvalue weighted by Gasteiger charge is 2.32. The quantitative estimate of drug-likeness (QED) is 0.668. The molecule has 0 unspecified atom stereocenters. The highest BCUT2D eigenvalue weighted by molar-refractivity contribution is 5.81. The van der Waals surface area contributed by atoms with Crippen LogP contribution >= 0.6 is 0 Å². The Morgan fingerprint density at radius 3 is 2.57 bits per heavy atom. The fourth-order valence-electron chi connectivity index (χ4n) is 1.52. The number of aryl methyl sites for hydroxylation is 1. The molecular weight excluding hydrogens is 191 g/mol. The summed E-state index contributed by atoms with van der Waals surface area (Å²) in [7, 11) is 0. The summed E-state index contributed by atoms with van der Waals surface area (Å²) in [5.74, 6) is 0. The lowest BCUT2D eigenvalue weighted by atomic mass is 10.1. The fourth-order valence-corrected chi connectivity index (χ4v) is 1.52. The number of fused-ring (bicyclic) bond motifs is 1. The molecule has 0 aliphatic rings. The summed E-state index contributed by atoms with van der Waals surface area (Å²) in [6, 6.07) is 4.43. The van der Waals surface area contributed by atoms with E-state index in [1.54, 1.807) is 12.3 Å². The largest absolute Gasteiger partial charge is 0.416 e. The van der Waals surface area contributed by atoms with Crippen molar-refractivity contribution in [2.45, 2.75) is 13.1 Å². The maximum Gasteiger partial charge on any atom is 0.416 e. The van der Waals surface area contributed by atoms with Gasteiger partial charge in [0.25, 0.3) is 0 Å². The molecule has 4 heteroatoms. The summed E-state index contributed by atoms with van der Waals surface area (Å²) >= 11 is 0. The van der Waals surface area contributed by atoms with E-state index in [2.05, 4.69) is 4.98 Å². The molecule has 0 amide bonds. The molecule has 0 fully saturated rings. The van der Waals surface area contributed by atoms with E-state index >= 15 is 0 Å². The molecule has 1 nitrogen and oxygen atoms in total. The Morgan fingerprint density at radius 1 is 1.21 bits per heavy atom. The van der Waals surface area contributed by atoms with Crippen LogP contribution in [0.2, 0.25) is 0 Å². The van der Waals surface area contributed by atoms with Gasteiger partial charge < -0.3 is 4.98 Å². The predicted molar refractivity (Wildman–Crippen MR) is 48.0 cm³/mol. The van der Waals surface area contributed by atoms with Gasteiger partial charge in [-0.05, 0) is 36.1 Å². The Hall–Kier alpha value is -1.45. The summed E-state index contributed by atoms with van der Waals surface area (Å²) in [5.41, 5.74) is 0.194. The maximum absolute atomic E-state index is 12.5. The Kier molecular flexibility index (Phi) is 1.80. The monoisotopic (exact) mass is 199 g/mol. The first-order valence-electron chi connectivity index (χ1n) is 4.13. The zero-order valence-electron chi connectivity index (χ0n) is 7.44. The third-order valence-corrected chi connectivity index (χ3v) is 2.20. The fraction of sp³-hybridized carbons (Fsp3) is 0.200. The van der Waals surface area contributed by atoms with Crippen molar-refractivity contribution in [2.75, 3.05) is 0 Å². The highest BCUT2D eigenvalue weighted by atomic mass is 19.4. The van der Waals surface area contributed by atoms with Crippen LogP contribution in [-0.4, -0.2) is 4.98 Å². The van der Waals surface area contributed by atoms with Gasteiger partial charge >= 0.3 is 6.18 Å². The van der Waals surface area contributed by atoms with E-state index < -0.39 is 11.7 Å². The van der Waals surface area contributed by atoms with Gasteiger partial charge in [-0.25, -0.2) is 0 Å². The van der Waals surface area contributed by atoms with Crippen LogP contribution in [0.1, 0.15) is 11.1 Å². The van der Waals surface area contributed by atoms with Crippen LogP contribution in [0.25, 0.3) is 10.9 Å². The first-order chi connectivity index (χ1) is 6.48. The Morgan fingerprint density at radius 2 is 1.93 bits per heavy atom. The van der Waals surface area contributed by atoms with Crippen LogP contribution < -0.4 is 0 Å². The van der Waals surface area contributed by atoms with Gasteiger partial charge in [0.2, 0.25) is 0 Å². The lowest BCUT2D eigenvalue weighted by Crippen LogP contribution is -2.07. The molecule has 74 valence electrons. The van der Waals surface area contributed by atoms with Gasteiger partial charge in [-0.3, -0.25) is 0 Å². The number of hydrogen-bond acceptors (Lipinski definition) is 0. The molecule has 0 radical (unpaired) electrons. The van der Waals surface area contributed by atoms with Crippen molar-refractivity contribution < 1.29 is 13.2 Å². The first-order valence-corrected chi connectivity index (χ1v) is 4.13. The van der Waals surface area contributed by atoms with Crippen LogP contribution in [0.5, 0.6) is 0 Å². The van der Waals surface area contributed by atoms with Crippen molar-refractivity contribution in [1.29, 1.82) is 0 Å². The van der Waals surface area contributed by atoms with Crippen LogP contribution in [-0.2, 0) is 6.18 Å². The second-order valence-electron chi connectivity index (χ2n) is 3.23. The Bertz CT molecular complexity index is 468. The van der Waals surface area contributed by atoms with Crippen molar-refractivity contribution in [2.24, 2.45) is 0 Å². The van der Waals surface area contributed by atoms with E-state index in [-0.39, 0.29) is 5.56 Å². The van der Waals surface area contributed by atoms with Crippen molar-refractivity contribution in [3.63, 3.8) is 0 Å². The van der Waals surface area contributed by atoms with Crippen molar-refractivity contribution in [3.05, 3.63) is 35.5 Å². The lowest BCUT2D eigenvalue weighted by Gasteiger charge is -2.09. The van der Waals surface area contributed by atoms with Crippen molar-refractivity contribution in [1.82, 2.24) is 4.98 Å². The van der Waals surface area contributed by atoms with Gasteiger partial charge in [-0.15, -0.1) is 0 Å². The smallest absolute Gasteiger partial charge is 0.361 e. The summed E-state index contributed by atoms with van der Waals surface area (Å²) in [4.78, 5) is 2.76. The normalized spacial score (nSPS) is 12.3. The molecule has 0 saturated heterocycles. The van der Waals surface area contributed by atoms with Crippen LogP contribution in [0.4, 0.5) is 13.2 Å². The zero-order valence-corrected chi connectivity index (χ0v) is 7.44. The van der Waals surface area contributed by atoms with E-state index in [0.717, 1.165) is 11.5 Å². The number of alkyl halides is 3. The molecule has 0 spiro atoms. The molecule has 2 aromatic rings. The van der Waals surface area contributed by atoms with Gasteiger partial charge in [-0.2, -0.15) is 13.2 Å². The molecule has 0 saturated carbocycles. The summed E-state index contributed by atoms with van der Waals surface area (Å²) in [6.45, 7) is 1.47. The van der Waals surface area contributed by atoms with E-state index in [0.29, 0.717) is 5.52 Å². The van der Waals surface area contributed by atoms with E-state index in [4.69, 9.17) is 0 Å². The first kappa shape index (κ1) is 9.12. The molecule has 1 heterocycles. The third kappa shape index (κ3) is 1.36. The molecule has 0 aliphatic heterocycles. The number of aromatic amines is 1. The molecule has 0 atom stereocenters. The Labute approximate surface area is 78.5 Å². The molecular formula is C10H8F3N. The van der Waals surface area contributed by atoms with Crippen molar-refractivity contribution in [3.8, 4) is 0 Å². The highest BCUT2D eigenvalue weighted by Crippen LogP contribution is 2.33. The molecule has 0 aliphatic carbocycles. The summed E-state index contributed by atoms with van der Waals surface area (Å²) in [5, 5.41) is 0.801. The topological polar surface area (TPSA) is 15.8 Å². The van der Waals surface area contributed by atoms with E-state index in [1.807, 2.05) is 0 Å². The van der Waals surface area contributed by atoms with Crippen LogP contribution in [0.15, 0.2) is 24.4 Å². The van der Waals surface area contributed by atoms with Gasteiger partial charge in [0.15, 0.2) is 0 Å². The number of aromatic nitrogens is 1. The molecule has 1 N–H and O–H groups in total. The van der Waals surface area contributed by atoms with Crippen molar-refractivity contribution >= 4 is 10.9 Å². The predicted octanol–water partition coefficient (Wildman–Crippen LogP) is 3.50. The second kappa shape index (κ2) is 2.77. The lowest BCUT2D eigenvalue weighted by molar-refractivity contribution is -0.137. The number of nitrogens with one attached hydrogen (secondary N) is 1. The van der Waals surface area contributed by atoms with Crippen LogP contribution in [0.3, 0.4) is 0 Å². The average molecular weight is 199 g/mol. The average Bonchev–Trinajstić information content (AvgIpc) is 2.47. The minimum Gasteiger partial charge on any atom is -0.361 e. The van der Waals surface area contributed by atoms with E-state index in [9.17, 15) is 13.2 Å². The molecule has 1 aromatic heterocycles. The number of benzene rings is 1. The van der Waals surface area contributed by atoms with E-state index in [1.165, 1.54) is 13.0 Å². The van der Waals surface area contributed by atoms with Gasteiger partial charge in [0.1, 0.15) is 0 Å². The standard InChI is InChI=1S/C10H8F3N/c1-6-4-7-2-3-14-9(7)5-8(6)10(11,12)13/h2-5,14H,1H3. The van der Waals surface area contributed by atoms with Gasteiger partial charge in [0.05, 0.1) is 5.56 Å². The zero-order chi connectivity index (χ0) is 10.3.